The first-order chi connectivity index (χ1) is 17.6. The molecule has 14 heteroatoms. The molecule has 0 unspecified atom stereocenters. The first-order valence-corrected chi connectivity index (χ1v) is 12.5. The summed E-state index contributed by atoms with van der Waals surface area (Å²) >= 11 is 0. The summed E-state index contributed by atoms with van der Waals surface area (Å²) < 4.78 is 0. The molecule has 2 rings (SSSR count). The zero-order valence-electron chi connectivity index (χ0n) is 21.3. The van der Waals surface area contributed by atoms with Crippen LogP contribution in [0.5, 0.6) is 0 Å². The van der Waals surface area contributed by atoms with Gasteiger partial charge in [-0.05, 0) is 44.6 Å². The molecule has 0 aromatic carbocycles. The maximum Gasteiger partial charge on any atom is 0.326 e. The number of carbonyl (C=O) groups is 4. The average Bonchev–Trinajstić information content (AvgIpc) is 3.54. The molecule has 1 aliphatic rings. The van der Waals surface area contributed by atoms with Gasteiger partial charge in [0, 0.05) is 24.9 Å². The van der Waals surface area contributed by atoms with E-state index >= 15 is 0 Å². The molecule has 0 saturated carbocycles. The number of aliphatic carboxylic acids is 1. The summed E-state index contributed by atoms with van der Waals surface area (Å²) in [5.74, 6) is -2.76. The second-order valence-electron chi connectivity index (χ2n) is 9.53. The third-order valence-corrected chi connectivity index (χ3v) is 5.89. The second-order valence-corrected chi connectivity index (χ2v) is 9.53. The molecule has 1 fully saturated rings. The first-order valence-electron chi connectivity index (χ1n) is 12.5. The smallest absolute Gasteiger partial charge is 0.326 e. The fourth-order valence-electron chi connectivity index (χ4n) is 4.02. The van der Waals surface area contributed by atoms with Crippen molar-refractivity contribution in [2.75, 3.05) is 13.1 Å². The van der Waals surface area contributed by atoms with Gasteiger partial charge in [-0.3, -0.25) is 19.4 Å². The van der Waals surface area contributed by atoms with Gasteiger partial charge < -0.3 is 42.8 Å². The van der Waals surface area contributed by atoms with E-state index in [1.54, 1.807) is 0 Å². The van der Waals surface area contributed by atoms with Crippen LogP contribution in [0.3, 0.4) is 0 Å². The zero-order chi connectivity index (χ0) is 27.4. The van der Waals surface area contributed by atoms with Crippen molar-refractivity contribution in [3.8, 4) is 0 Å². The zero-order valence-corrected chi connectivity index (χ0v) is 21.3. The fourth-order valence-corrected chi connectivity index (χ4v) is 4.02. The van der Waals surface area contributed by atoms with E-state index < -0.39 is 42.0 Å². The number of carboxylic acid groups (broad SMARTS) is 1. The van der Waals surface area contributed by atoms with E-state index in [0.717, 1.165) is 6.42 Å². The molecule has 14 nitrogen and oxygen atoms in total. The Bertz CT molecular complexity index is 925. The van der Waals surface area contributed by atoms with Gasteiger partial charge in [-0.1, -0.05) is 13.8 Å². The molecule has 37 heavy (non-hydrogen) atoms. The molecule has 1 aromatic heterocycles. The molecular formula is C23H39N9O5. The van der Waals surface area contributed by atoms with Crippen molar-refractivity contribution >= 4 is 29.7 Å². The van der Waals surface area contributed by atoms with E-state index in [1.165, 1.54) is 12.5 Å². The minimum Gasteiger partial charge on any atom is -0.480 e. The maximum atomic E-state index is 13.3. The van der Waals surface area contributed by atoms with Crippen LogP contribution in [0.25, 0.3) is 0 Å². The summed E-state index contributed by atoms with van der Waals surface area (Å²) in [5.41, 5.74) is 11.3. The predicted molar refractivity (Wildman–Crippen MR) is 136 cm³/mol. The number of carboxylic acids is 1. The Morgan fingerprint density at radius 3 is 2.41 bits per heavy atom. The molecule has 0 aliphatic carbocycles. The molecule has 0 bridgehead atoms. The molecule has 2 heterocycles. The monoisotopic (exact) mass is 521 g/mol. The number of hydrogen-bond acceptors (Lipinski definition) is 7. The Kier molecular flexibility index (Phi) is 11.8. The fraction of sp³-hybridized carbons (Fsp3) is 0.652. The van der Waals surface area contributed by atoms with Gasteiger partial charge in [0.2, 0.25) is 17.7 Å². The average molecular weight is 522 g/mol. The lowest BCUT2D eigenvalue weighted by Crippen LogP contribution is -2.57. The van der Waals surface area contributed by atoms with Gasteiger partial charge in [-0.2, -0.15) is 0 Å². The van der Waals surface area contributed by atoms with Crippen molar-refractivity contribution in [1.82, 2.24) is 31.2 Å². The third kappa shape index (κ3) is 10.5. The number of aliphatic imine (C=N–C) groups is 1. The molecule has 1 aliphatic heterocycles. The van der Waals surface area contributed by atoms with E-state index in [0.29, 0.717) is 25.1 Å². The summed E-state index contributed by atoms with van der Waals surface area (Å²) in [6.07, 6.45) is 5.36. The first kappa shape index (κ1) is 29.5. The van der Waals surface area contributed by atoms with Crippen LogP contribution in [0.2, 0.25) is 0 Å². The molecule has 3 amide bonds. The number of amides is 3. The van der Waals surface area contributed by atoms with Crippen LogP contribution < -0.4 is 32.7 Å². The Hall–Kier alpha value is -3.68. The number of rotatable bonds is 15. The van der Waals surface area contributed by atoms with Crippen LogP contribution in [0.1, 0.15) is 51.6 Å². The largest absolute Gasteiger partial charge is 0.480 e. The van der Waals surface area contributed by atoms with Gasteiger partial charge in [0.1, 0.15) is 18.1 Å². The molecular weight excluding hydrogens is 482 g/mol. The minimum atomic E-state index is -1.16. The second kappa shape index (κ2) is 14.8. The Balaban J connectivity index is 2.17. The third-order valence-electron chi connectivity index (χ3n) is 5.89. The highest BCUT2D eigenvalue weighted by atomic mass is 16.4. The maximum absolute atomic E-state index is 13.3. The van der Waals surface area contributed by atoms with Crippen molar-refractivity contribution < 1.29 is 24.3 Å². The topological polar surface area (TPSA) is 230 Å². The molecule has 206 valence electrons. The van der Waals surface area contributed by atoms with Gasteiger partial charge >= 0.3 is 5.97 Å². The molecule has 0 spiro atoms. The van der Waals surface area contributed by atoms with E-state index in [1.807, 2.05) is 13.8 Å². The van der Waals surface area contributed by atoms with Crippen LogP contribution in [0, 0.1) is 5.92 Å². The van der Waals surface area contributed by atoms with Crippen LogP contribution in [0.15, 0.2) is 17.5 Å². The Labute approximate surface area is 215 Å². The van der Waals surface area contributed by atoms with Crippen molar-refractivity contribution in [2.24, 2.45) is 22.4 Å². The number of guanidine groups is 1. The summed E-state index contributed by atoms with van der Waals surface area (Å²) in [7, 11) is 0. The van der Waals surface area contributed by atoms with E-state index in [-0.39, 0.29) is 43.6 Å². The van der Waals surface area contributed by atoms with Crippen LogP contribution in [-0.4, -0.2) is 82.0 Å². The number of nitrogens with one attached hydrogen (secondary N) is 5. The number of aromatic nitrogens is 2. The number of nitrogens with two attached hydrogens (primary N) is 2. The van der Waals surface area contributed by atoms with Gasteiger partial charge in [0.05, 0.1) is 12.4 Å². The molecule has 1 saturated heterocycles. The molecule has 1 aromatic rings. The number of hydrogen-bond donors (Lipinski definition) is 8. The highest BCUT2D eigenvalue weighted by Gasteiger charge is 2.31. The quantitative estimate of drug-likeness (QED) is 0.0749. The van der Waals surface area contributed by atoms with Crippen LogP contribution in [0.4, 0.5) is 0 Å². The summed E-state index contributed by atoms with van der Waals surface area (Å²) in [6, 6.07) is -3.57. The van der Waals surface area contributed by atoms with Crippen LogP contribution in [-0.2, 0) is 25.6 Å². The lowest BCUT2D eigenvalue weighted by atomic mass is 10.0. The van der Waals surface area contributed by atoms with E-state index in [9.17, 15) is 24.3 Å². The summed E-state index contributed by atoms with van der Waals surface area (Å²) in [5, 5.41) is 20.6. The van der Waals surface area contributed by atoms with Gasteiger partial charge in [0.15, 0.2) is 5.96 Å². The number of imidazole rings is 1. The highest BCUT2D eigenvalue weighted by Crippen LogP contribution is 2.09. The molecule has 0 radical (unpaired) electrons. The lowest BCUT2D eigenvalue weighted by molar-refractivity contribution is -0.142. The van der Waals surface area contributed by atoms with E-state index in [4.69, 9.17) is 11.5 Å². The molecule has 4 atom stereocenters. The van der Waals surface area contributed by atoms with Crippen molar-refractivity contribution in [3.63, 3.8) is 0 Å². The van der Waals surface area contributed by atoms with Crippen molar-refractivity contribution in [3.05, 3.63) is 18.2 Å². The lowest BCUT2D eigenvalue weighted by Gasteiger charge is -2.25. The van der Waals surface area contributed by atoms with Crippen molar-refractivity contribution in [2.45, 2.75) is 76.5 Å². The summed E-state index contributed by atoms with van der Waals surface area (Å²) in [6.45, 7) is 4.67. The van der Waals surface area contributed by atoms with Crippen LogP contribution >= 0.6 is 0 Å². The number of aromatic amines is 1. The van der Waals surface area contributed by atoms with Gasteiger partial charge in [-0.25, -0.2) is 9.78 Å². The Morgan fingerprint density at radius 2 is 1.84 bits per heavy atom. The van der Waals surface area contributed by atoms with Gasteiger partial charge in [-0.15, -0.1) is 0 Å². The SMILES string of the molecule is CC(C)C[C@H](NC(=O)[C@H](Cc1cnc[nH]1)NC(=O)[C@H](CCCN=C(N)N)NC(=O)[C@@H]1CCCN1)C(=O)O. The number of carbonyl (C=O) groups excluding carboxylic acids is 3. The minimum absolute atomic E-state index is 0.0241. The summed E-state index contributed by atoms with van der Waals surface area (Å²) in [4.78, 5) is 61.6. The highest BCUT2D eigenvalue weighted by molar-refractivity contribution is 5.94. The number of H-pyrrole nitrogens is 1. The number of nitrogens with zero attached hydrogens (tertiary/aromatic N) is 2. The normalized spacial score (nSPS) is 17.4. The van der Waals surface area contributed by atoms with Gasteiger partial charge in [0.25, 0.3) is 0 Å². The van der Waals surface area contributed by atoms with E-state index in [2.05, 4.69) is 36.2 Å². The Morgan fingerprint density at radius 1 is 1.14 bits per heavy atom. The molecule has 10 N–H and O–H groups in total. The van der Waals surface area contributed by atoms with Crippen molar-refractivity contribution in [1.29, 1.82) is 0 Å². The standard InChI is InChI=1S/C23H39N9O5/c1-13(2)9-18(22(36)37)32-21(35)17(10-14-11-26-12-29-14)31-20(34)16(6-4-8-28-23(24)25)30-19(33)15-5-3-7-27-15/h11-13,15-18,27H,3-10H2,1-2H3,(H,26,29)(H,30,33)(H,31,34)(H,32,35)(H,36,37)(H4,24,25,28)/t15-,16-,17-,18-/m0/s1. The predicted octanol–water partition coefficient (Wildman–Crippen LogP) is -1.66.